The van der Waals surface area contributed by atoms with Gasteiger partial charge in [0.25, 0.3) is 0 Å². The van der Waals surface area contributed by atoms with E-state index in [9.17, 15) is 9.59 Å². The van der Waals surface area contributed by atoms with E-state index in [1.165, 1.54) is 0 Å². The topological polar surface area (TPSA) is 46.6 Å². The lowest BCUT2D eigenvalue weighted by Crippen LogP contribution is -2.36. The van der Waals surface area contributed by atoms with E-state index in [0.717, 1.165) is 12.0 Å². The van der Waals surface area contributed by atoms with Crippen LogP contribution >= 0.6 is 11.6 Å². The van der Waals surface area contributed by atoms with E-state index in [0.29, 0.717) is 11.6 Å². The summed E-state index contributed by atoms with van der Waals surface area (Å²) in [6, 6.07) is 7.17. The Morgan fingerprint density at radius 1 is 1.45 bits per heavy atom. The van der Waals surface area contributed by atoms with Gasteiger partial charge in [0.2, 0.25) is 5.91 Å². The van der Waals surface area contributed by atoms with Crippen LogP contribution in [0.2, 0.25) is 5.02 Å². The van der Waals surface area contributed by atoms with Gasteiger partial charge in [-0.1, -0.05) is 29.8 Å². The maximum absolute atomic E-state index is 12.7. The van der Waals surface area contributed by atoms with Crippen LogP contribution in [0.4, 0.5) is 5.69 Å². The lowest BCUT2D eigenvalue weighted by molar-refractivity contribution is -0.125. The molecule has 0 saturated carbocycles. The summed E-state index contributed by atoms with van der Waals surface area (Å²) in [5.41, 5.74) is 0.103. The molecule has 0 radical (unpaired) electrons. The van der Waals surface area contributed by atoms with Gasteiger partial charge in [-0.2, -0.15) is 0 Å². The lowest BCUT2D eigenvalue weighted by atomic mass is 9.78. The first-order chi connectivity index (χ1) is 9.64. The summed E-state index contributed by atoms with van der Waals surface area (Å²) < 4.78 is 5.90. The van der Waals surface area contributed by atoms with Crippen LogP contribution in [0.1, 0.15) is 0 Å². The van der Waals surface area contributed by atoms with Crippen LogP contribution in [-0.2, 0) is 14.3 Å². The number of hydrogen-bond donors (Lipinski definition) is 0. The highest BCUT2D eigenvalue weighted by atomic mass is 35.5. The van der Waals surface area contributed by atoms with E-state index in [2.05, 4.69) is 0 Å². The van der Waals surface area contributed by atoms with E-state index < -0.39 is 11.5 Å². The minimum absolute atomic E-state index is 0.0591. The Morgan fingerprint density at radius 3 is 3.05 bits per heavy atom. The van der Waals surface area contributed by atoms with E-state index in [4.69, 9.17) is 16.3 Å². The molecule has 4 atom stereocenters. The molecule has 1 aromatic carbocycles. The van der Waals surface area contributed by atoms with Gasteiger partial charge in [-0.05, 0) is 18.2 Å². The molecule has 4 nitrogen and oxygen atoms in total. The summed E-state index contributed by atoms with van der Waals surface area (Å²) in [6.45, 7) is 0.439. The minimum Gasteiger partial charge on any atom is -0.360 e. The molecule has 1 amide bonds. The Morgan fingerprint density at radius 2 is 2.30 bits per heavy atom. The molecule has 2 saturated heterocycles. The third-order valence-electron chi connectivity index (χ3n) is 4.43. The second-order valence-electron chi connectivity index (χ2n) is 5.49. The van der Waals surface area contributed by atoms with Crippen molar-refractivity contribution >= 4 is 29.5 Å². The van der Waals surface area contributed by atoms with Gasteiger partial charge in [-0.25, -0.2) is 0 Å². The van der Waals surface area contributed by atoms with Gasteiger partial charge in [0, 0.05) is 10.7 Å². The van der Waals surface area contributed by atoms with Crippen molar-refractivity contribution in [2.24, 2.45) is 11.8 Å². The Balaban J connectivity index is 1.75. The van der Waals surface area contributed by atoms with Crippen LogP contribution in [0, 0.1) is 11.8 Å². The zero-order chi connectivity index (χ0) is 13.9. The van der Waals surface area contributed by atoms with Crippen LogP contribution in [0.15, 0.2) is 36.4 Å². The largest absolute Gasteiger partial charge is 0.360 e. The number of anilines is 1. The Labute approximate surface area is 121 Å². The fourth-order valence-electron chi connectivity index (χ4n) is 3.56. The number of hydrogen-bond acceptors (Lipinski definition) is 3. The normalized spacial score (nSPS) is 37.5. The molecule has 0 aromatic heterocycles. The number of fused-ring (bicyclic) bond motifs is 1. The molecule has 3 aliphatic rings. The predicted molar refractivity (Wildman–Crippen MR) is 73.6 cm³/mol. The molecule has 4 rings (SSSR count). The molecule has 1 aromatic rings. The first kappa shape index (κ1) is 12.1. The summed E-state index contributed by atoms with van der Waals surface area (Å²) in [4.78, 5) is 25.6. The van der Waals surface area contributed by atoms with Gasteiger partial charge in [-0.3, -0.25) is 4.79 Å². The molecule has 5 heteroatoms. The number of ether oxygens (including phenoxy) is 1. The van der Waals surface area contributed by atoms with Crippen molar-refractivity contribution in [3.8, 4) is 0 Å². The highest BCUT2D eigenvalue weighted by Crippen LogP contribution is 2.51. The summed E-state index contributed by atoms with van der Waals surface area (Å²) >= 11 is 5.98. The zero-order valence-electron chi connectivity index (χ0n) is 10.5. The molecule has 0 unspecified atom stereocenters. The van der Waals surface area contributed by atoms with Crippen molar-refractivity contribution in [2.75, 3.05) is 11.4 Å². The summed E-state index contributed by atoms with van der Waals surface area (Å²) in [7, 11) is 0. The molecule has 0 N–H and O–H groups in total. The fourth-order valence-corrected chi connectivity index (χ4v) is 3.75. The van der Waals surface area contributed by atoms with Crippen LogP contribution < -0.4 is 4.90 Å². The Bertz CT molecular complexity index is 644. The average molecular weight is 290 g/mol. The van der Waals surface area contributed by atoms with Crippen LogP contribution in [-0.4, -0.2) is 30.4 Å². The maximum atomic E-state index is 12.7. The summed E-state index contributed by atoms with van der Waals surface area (Å²) in [5, 5.41) is 0.581. The van der Waals surface area contributed by atoms with Gasteiger partial charge in [0.15, 0.2) is 0 Å². The van der Waals surface area contributed by atoms with Crippen molar-refractivity contribution in [2.45, 2.75) is 11.7 Å². The second kappa shape index (κ2) is 3.93. The first-order valence-electron chi connectivity index (χ1n) is 6.54. The van der Waals surface area contributed by atoms with Crippen molar-refractivity contribution < 1.29 is 14.3 Å². The molecular weight excluding hydrogens is 278 g/mol. The number of rotatable bonds is 2. The molecule has 20 heavy (non-hydrogen) atoms. The highest BCUT2D eigenvalue weighted by Gasteiger charge is 2.65. The third-order valence-corrected chi connectivity index (χ3v) is 4.66. The average Bonchev–Trinajstić information content (AvgIpc) is 3.07. The molecule has 3 aliphatic heterocycles. The van der Waals surface area contributed by atoms with Crippen LogP contribution in [0.3, 0.4) is 0 Å². The van der Waals surface area contributed by atoms with Crippen molar-refractivity contribution in [3.63, 3.8) is 0 Å². The fraction of sp³-hybridized carbons (Fsp3) is 0.333. The molecule has 2 fully saturated rings. The Kier molecular flexibility index (Phi) is 2.38. The van der Waals surface area contributed by atoms with Crippen molar-refractivity contribution in [1.82, 2.24) is 0 Å². The van der Waals surface area contributed by atoms with Gasteiger partial charge < -0.3 is 14.4 Å². The standard InChI is InChI=1S/C15H12ClNO3/c16-9-2-1-3-10(6-9)17-8-15-5-4-12(20-15)11(7-18)13(15)14(17)19/h1-7,11-13H,8H2/t11-,12+,13-,15+/m1/s1. The number of aldehydes is 1. The smallest absolute Gasteiger partial charge is 0.234 e. The number of benzene rings is 1. The third kappa shape index (κ3) is 1.41. The monoisotopic (exact) mass is 289 g/mol. The number of carbonyl (C=O) groups is 2. The van der Waals surface area contributed by atoms with Crippen molar-refractivity contribution in [1.29, 1.82) is 0 Å². The minimum atomic E-state index is -0.643. The lowest BCUT2D eigenvalue weighted by Gasteiger charge is -2.21. The number of halogens is 1. The molecule has 2 bridgehead atoms. The number of nitrogens with zero attached hydrogens (tertiary/aromatic N) is 1. The van der Waals surface area contributed by atoms with Gasteiger partial charge in [0.1, 0.15) is 11.9 Å². The first-order valence-corrected chi connectivity index (χ1v) is 6.92. The number of carbonyl (C=O) groups excluding carboxylic acids is 2. The number of amides is 1. The quantitative estimate of drug-likeness (QED) is 0.616. The molecular formula is C15H12ClNO3. The van der Waals surface area contributed by atoms with Crippen LogP contribution in [0.5, 0.6) is 0 Å². The summed E-state index contributed by atoms with van der Waals surface area (Å²) in [5.74, 6) is -0.845. The molecule has 3 heterocycles. The second-order valence-corrected chi connectivity index (χ2v) is 5.93. The van der Waals surface area contributed by atoms with E-state index in [-0.39, 0.29) is 17.9 Å². The SMILES string of the molecule is O=C[C@@H]1[C@@H]2C=C[C@@]3(CN(c4cccc(Cl)c4)C(=O)[C@@H]13)O2. The molecule has 102 valence electrons. The highest BCUT2D eigenvalue weighted by molar-refractivity contribution is 6.31. The molecule has 1 spiro atoms. The van der Waals surface area contributed by atoms with E-state index >= 15 is 0 Å². The van der Waals surface area contributed by atoms with Crippen LogP contribution in [0.25, 0.3) is 0 Å². The van der Waals surface area contributed by atoms with Gasteiger partial charge in [-0.15, -0.1) is 0 Å². The predicted octanol–water partition coefficient (Wildman–Crippen LogP) is 1.83. The summed E-state index contributed by atoms with van der Waals surface area (Å²) in [6.07, 6.45) is 4.43. The zero-order valence-corrected chi connectivity index (χ0v) is 11.3. The maximum Gasteiger partial charge on any atom is 0.234 e. The van der Waals surface area contributed by atoms with E-state index in [1.807, 2.05) is 24.3 Å². The van der Waals surface area contributed by atoms with E-state index in [1.54, 1.807) is 17.0 Å². The Hall–Kier alpha value is -1.65. The molecule has 0 aliphatic carbocycles. The van der Waals surface area contributed by atoms with Crippen molar-refractivity contribution in [3.05, 3.63) is 41.4 Å². The van der Waals surface area contributed by atoms with Gasteiger partial charge >= 0.3 is 0 Å². The van der Waals surface area contributed by atoms with Gasteiger partial charge in [0.05, 0.1) is 24.5 Å².